The van der Waals surface area contributed by atoms with Gasteiger partial charge in [0.2, 0.25) is 0 Å². The Balaban J connectivity index is 0.00000312. The number of aliphatic hydroxyl groups excluding tert-OH is 1. The summed E-state index contributed by atoms with van der Waals surface area (Å²) in [5, 5.41) is 16.8. The van der Waals surface area contributed by atoms with Crippen molar-refractivity contribution in [2.24, 2.45) is 22.7 Å². The van der Waals surface area contributed by atoms with E-state index in [0.717, 1.165) is 36.9 Å². The van der Waals surface area contributed by atoms with Crippen LogP contribution < -0.4 is 10.6 Å². The largest absolute Gasteiger partial charge is 0.389 e. The molecule has 1 atom stereocenters. The van der Waals surface area contributed by atoms with Crippen molar-refractivity contribution in [2.45, 2.75) is 71.4 Å². The predicted molar refractivity (Wildman–Crippen MR) is 115 cm³/mol. The maximum Gasteiger partial charge on any atom is 0.191 e. The average Bonchev–Trinajstić information content (AvgIpc) is 3.37. The zero-order valence-corrected chi connectivity index (χ0v) is 18.5. The molecule has 0 spiro atoms. The van der Waals surface area contributed by atoms with Crippen LogP contribution in [-0.4, -0.2) is 49.5 Å². The second-order valence-electron chi connectivity index (χ2n) is 7.85. The molecule has 2 fully saturated rings. The summed E-state index contributed by atoms with van der Waals surface area (Å²) in [7, 11) is 0. The Labute approximate surface area is 170 Å². The van der Waals surface area contributed by atoms with Crippen LogP contribution in [0.4, 0.5) is 0 Å². The van der Waals surface area contributed by atoms with E-state index >= 15 is 0 Å². The standard InChI is InChI=1S/C19H37N3O2.HI/c1-4-20-19(21-11-18(23)13-24-12-15-5-6-15)22-17-9-7-16(8-10-17)14(2)3;/h14-18,23H,4-13H2,1-3H3,(H2,20,21,22);1H. The summed E-state index contributed by atoms with van der Waals surface area (Å²) in [6.45, 7) is 9.13. The van der Waals surface area contributed by atoms with Gasteiger partial charge in [0.1, 0.15) is 0 Å². The quantitative estimate of drug-likeness (QED) is 0.277. The third-order valence-corrected chi connectivity index (χ3v) is 5.22. The van der Waals surface area contributed by atoms with E-state index in [1.54, 1.807) is 0 Å². The fraction of sp³-hybridized carbons (Fsp3) is 0.947. The number of nitrogens with one attached hydrogen (secondary N) is 2. The van der Waals surface area contributed by atoms with Gasteiger partial charge in [0.05, 0.1) is 19.3 Å². The number of hydrogen-bond acceptors (Lipinski definition) is 3. The van der Waals surface area contributed by atoms with Gasteiger partial charge in [-0.05, 0) is 63.2 Å². The van der Waals surface area contributed by atoms with Crippen LogP contribution >= 0.6 is 24.0 Å². The fourth-order valence-electron chi connectivity index (χ4n) is 3.35. The Bertz CT molecular complexity index is 381. The van der Waals surface area contributed by atoms with Gasteiger partial charge in [-0.1, -0.05) is 13.8 Å². The van der Waals surface area contributed by atoms with Gasteiger partial charge in [0, 0.05) is 19.2 Å². The lowest BCUT2D eigenvalue weighted by Crippen LogP contribution is -2.45. The number of halogens is 1. The molecule has 2 saturated carbocycles. The van der Waals surface area contributed by atoms with E-state index in [-0.39, 0.29) is 24.0 Å². The van der Waals surface area contributed by atoms with Crippen molar-refractivity contribution in [1.29, 1.82) is 0 Å². The molecule has 5 nitrogen and oxygen atoms in total. The van der Waals surface area contributed by atoms with Crippen molar-refractivity contribution >= 4 is 29.9 Å². The number of hydrogen-bond donors (Lipinski definition) is 3. The van der Waals surface area contributed by atoms with Crippen molar-refractivity contribution < 1.29 is 9.84 Å². The Kier molecular flexibility index (Phi) is 11.3. The zero-order chi connectivity index (χ0) is 17.4. The number of rotatable bonds is 9. The summed E-state index contributed by atoms with van der Waals surface area (Å²) in [6.07, 6.45) is 7.05. The second-order valence-corrected chi connectivity index (χ2v) is 7.85. The van der Waals surface area contributed by atoms with Gasteiger partial charge in [-0.15, -0.1) is 24.0 Å². The third kappa shape index (κ3) is 9.43. The smallest absolute Gasteiger partial charge is 0.191 e. The molecule has 2 aliphatic carbocycles. The molecule has 6 heteroatoms. The first-order valence-corrected chi connectivity index (χ1v) is 9.89. The number of aliphatic imine (C=N–C) groups is 1. The van der Waals surface area contributed by atoms with E-state index in [9.17, 15) is 5.11 Å². The van der Waals surface area contributed by atoms with Crippen molar-refractivity contribution in [3.8, 4) is 0 Å². The van der Waals surface area contributed by atoms with E-state index in [1.165, 1.54) is 38.5 Å². The number of ether oxygens (including phenoxy) is 1. The maximum absolute atomic E-state index is 10.0. The summed E-state index contributed by atoms with van der Waals surface area (Å²) >= 11 is 0. The molecular formula is C19H38IN3O2. The summed E-state index contributed by atoms with van der Waals surface area (Å²) in [5.74, 6) is 3.22. The lowest BCUT2D eigenvalue weighted by molar-refractivity contribution is 0.0368. The van der Waals surface area contributed by atoms with E-state index < -0.39 is 6.10 Å². The van der Waals surface area contributed by atoms with Gasteiger partial charge in [0.15, 0.2) is 5.96 Å². The predicted octanol–water partition coefficient (Wildman–Crippen LogP) is 3.16. The van der Waals surface area contributed by atoms with Crippen molar-refractivity contribution in [3.63, 3.8) is 0 Å². The molecule has 0 radical (unpaired) electrons. The number of nitrogens with zero attached hydrogens (tertiary/aromatic N) is 1. The summed E-state index contributed by atoms with van der Waals surface area (Å²) in [6, 6.07) is 0.501. The monoisotopic (exact) mass is 467 g/mol. The number of guanidine groups is 1. The van der Waals surface area contributed by atoms with Gasteiger partial charge in [-0.25, -0.2) is 0 Å². The Morgan fingerprint density at radius 3 is 2.40 bits per heavy atom. The van der Waals surface area contributed by atoms with E-state index in [0.29, 0.717) is 19.2 Å². The first kappa shape index (κ1) is 23.0. The minimum absolute atomic E-state index is 0. The zero-order valence-electron chi connectivity index (χ0n) is 16.2. The molecule has 0 aromatic heterocycles. The first-order valence-electron chi connectivity index (χ1n) is 9.89. The summed E-state index contributed by atoms with van der Waals surface area (Å²) < 4.78 is 5.54. The van der Waals surface area contributed by atoms with Crippen LogP contribution in [-0.2, 0) is 4.74 Å². The SMILES string of the molecule is CCNC(=NCC(O)COCC1CC1)NC1CCC(C(C)C)CC1.I. The summed E-state index contributed by atoms with van der Waals surface area (Å²) in [5.41, 5.74) is 0. The van der Waals surface area contributed by atoms with Crippen LogP contribution in [0.15, 0.2) is 4.99 Å². The van der Waals surface area contributed by atoms with Crippen LogP contribution in [0.25, 0.3) is 0 Å². The molecule has 0 heterocycles. The fourth-order valence-corrected chi connectivity index (χ4v) is 3.35. The maximum atomic E-state index is 10.0. The molecule has 0 aliphatic heterocycles. The van der Waals surface area contributed by atoms with E-state index in [4.69, 9.17) is 4.74 Å². The first-order chi connectivity index (χ1) is 11.6. The molecule has 0 aromatic carbocycles. The van der Waals surface area contributed by atoms with Crippen LogP contribution in [0.2, 0.25) is 0 Å². The van der Waals surface area contributed by atoms with Gasteiger partial charge >= 0.3 is 0 Å². The van der Waals surface area contributed by atoms with E-state index in [1.807, 2.05) is 0 Å². The Morgan fingerprint density at radius 1 is 1.16 bits per heavy atom. The van der Waals surface area contributed by atoms with E-state index in [2.05, 4.69) is 36.4 Å². The van der Waals surface area contributed by atoms with Crippen LogP contribution in [0.5, 0.6) is 0 Å². The molecule has 2 aliphatic rings. The van der Waals surface area contributed by atoms with Gasteiger partial charge in [-0.2, -0.15) is 0 Å². The summed E-state index contributed by atoms with van der Waals surface area (Å²) in [4.78, 5) is 4.54. The van der Waals surface area contributed by atoms with Gasteiger partial charge in [0.25, 0.3) is 0 Å². The van der Waals surface area contributed by atoms with Crippen molar-refractivity contribution in [3.05, 3.63) is 0 Å². The van der Waals surface area contributed by atoms with Gasteiger partial charge in [-0.3, -0.25) is 4.99 Å². The minimum atomic E-state index is -0.518. The Morgan fingerprint density at radius 2 is 1.84 bits per heavy atom. The van der Waals surface area contributed by atoms with Crippen LogP contribution in [0.3, 0.4) is 0 Å². The molecule has 3 N–H and O–H groups in total. The third-order valence-electron chi connectivity index (χ3n) is 5.22. The normalized spacial score (nSPS) is 25.4. The average molecular weight is 467 g/mol. The van der Waals surface area contributed by atoms with Crippen molar-refractivity contribution in [1.82, 2.24) is 10.6 Å². The van der Waals surface area contributed by atoms with Crippen LogP contribution in [0.1, 0.15) is 59.3 Å². The topological polar surface area (TPSA) is 65.9 Å². The van der Waals surface area contributed by atoms with Crippen molar-refractivity contribution in [2.75, 3.05) is 26.3 Å². The molecule has 0 amide bonds. The number of aliphatic hydroxyl groups is 1. The molecule has 0 bridgehead atoms. The molecular weight excluding hydrogens is 429 g/mol. The lowest BCUT2D eigenvalue weighted by atomic mass is 9.80. The molecule has 1 unspecified atom stereocenters. The lowest BCUT2D eigenvalue weighted by Gasteiger charge is -2.32. The minimum Gasteiger partial charge on any atom is -0.389 e. The highest BCUT2D eigenvalue weighted by Gasteiger charge is 2.24. The highest BCUT2D eigenvalue weighted by atomic mass is 127. The molecule has 148 valence electrons. The highest BCUT2D eigenvalue weighted by Crippen LogP contribution is 2.30. The molecule has 25 heavy (non-hydrogen) atoms. The molecule has 0 aromatic rings. The molecule has 2 rings (SSSR count). The highest BCUT2D eigenvalue weighted by molar-refractivity contribution is 14.0. The second kappa shape index (κ2) is 12.3. The molecule has 0 saturated heterocycles. The van der Waals surface area contributed by atoms with Crippen LogP contribution in [0, 0.1) is 17.8 Å². The Hall–Kier alpha value is -0.0800. The van der Waals surface area contributed by atoms with Gasteiger partial charge < -0.3 is 20.5 Å².